The highest BCUT2D eigenvalue weighted by molar-refractivity contribution is 5.46. The van der Waals surface area contributed by atoms with Crippen LogP contribution in [0.2, 0.25) is 0 Å². The normalized spacial score (nSPS) is 11.1. The lowest BCUT2D eigenvalue weighted by Gasteiger charge is -2.08. The average molecular weight is 333 g/mol. The summed E-state index contributed by atoms with van der Waals surface area (Å²) in [6.45, 7) is 5.24. The van der Waals surface area contributed by atoms with Crippen LogP contribution in [0.5, 0.6) is 0 Å². The van der Waals surface area contributed by atoms with Crippen molar-refractivity contribution in [1.29, 1.82) is 0 Å². The highest BCUT2D eigenvalue weighted by Gasteiger charge is 2.05. The van der Waals surface area contributed by atoms with Crippen LogP contribution in [0, 0.1) is 13.8 Å². The van der Waals surface area contributed by atoms with Crippen molar-refractivity contribution in [3.05, 3.63) is 71.8 Å². The molecule has 4 aromatic rings. The highest BCUT2D eigenvalue weighted by atomic mass is 15.3. The molecule has 126 valence electrons. The molecule has 25 heavy (non-hydrogen) atoms. The van der Waals surface area contributed by atoms with Gasteiger partial charge in [-0.05, 0) is 37.6 Å². The first kappa shape index (κ1) is 15.3. The second-order valence-corrected chi connectivity index (χ2v) is 5.98. The van der Waals surface area contributed by atoms with Crippen LogP contribution in [0.15, 0.2) is 48.9 Å². The Balaban J connectivity index is 1.46. The lowest BCUT2D eigenvalue weighted by molar-refractivity contribution is 0.656. The minimum Gasteiger partial charge on any atom is -0.379 e. The van der Waals surface area contributed by atoms with Crippen LogP contribution < -0.4 is 5.32 Å². The van der Waals surface area contributed by atoms with E-state index in [9.17, 15) is 0 Å². The van der Waals surface area contributed by atoms with Crippen molar-refractivity contribution in [3.63, 3.8) is 0 Å². The Bertz CT molecular complexity index is 982. The summed E-state index contributed by atoms with van der Waals surface area (Å²) >= 11 is 0. The van der Waals surface area contributed by atoms with Gasteiger partial charge in [0.05, 0.1) is 18.8 Å². The van der Waals surface area contributed by atoms with Gasteiger partial charge < -0.3 is 5.32 Å². The summed E-state index contributed by atoms with van der Waals surface area (Å²) in [5, 5.41) is 7.84. The van der Waals surface area contributed by atoms with Gasteiger partial charge in [-0.15, -0.1) is 0 Å². The number of aryl methyl sites for hydroxylation is 2. The van der Waals surface area contributed by atoms with Gasteiger partial charge in [0.1, 0.15) is 11.6 Å². The molecule has 0 atom stereocenters. The van der Waals surface area contributed by atoms with Gasteiger partial charge in [-0.2, -0.15) is 5.10 Å². The zero-order valence-electron chi connectivity index (χ0n) is 14.2. The first-order chi connectivity index (χ1) is 12.2. The van der Waals surface area contributed by atoms with Crippen LogP contribution in [0.4, 0.5) is 5.69 Å². The number of anilines is 1. The molecule has 0 radical (unpaired) electrons. The van der Waals surface area contributed by atoms with Crippen molar-refractivity contribution in [1.82, 2.24) is 29.1 Å². The Morgan fingerprint density at radius 3 is 2.84 bits per heavy atom. The Kier molecular flexibility index (Phi) is 3.89. The smallest absolute Gasteiger partial charge is 0.233 e. The molecule has 0 aliphatic heterocycles. The molecule has 0 aliphatic carbocycles. The van der Waals surface area contributed by atoms with Crippen molar-refractivity contribution in [3.8, 4) is 0 Å². The number of nitrogens with zero attached hydrogens (tertiary/aromatic N) is 6. The molecule has 3 heterocycles. The van der Waals surface area contributed by atoms with E-state index in [1.54, 1.807) is 6.20 Å². The number of nitrogens with one attached hydrogen (secondary N) is 1. The number of aromatic nitrogens is 6. The zero-order chi connectivity index (χ0) is 17.2. The quantitative estimate of drug-likeness (QED) is 0.608. The number of hydrogen-bond acceptors (Lipinski definition) is 5. The van der Waals surface area contributed by atoms with Crippen LogP contribution in [0.1, 0.15) is 22.9 Å². The van der Waals surface area contributed by atoms with E-state index in [2.05, 4.69) is 43.6 Å². The van der Waals surface area contributed by atoms with Crippen molar-refractivity contribution in [2.75, 3.05) is 5.32 Å². The molecule has 0 spiro atoms. The molecule has 0 saturated heterocycles. The molecule has 1 N–H and O–H groups in total. The zero-order valence-corrected chi connectivity index (χ0v) is 14.2. The van der Waals surface area contributed by atoms with E-state index in [1.807, 2.05) is 47.5 Å². The molecule has 4 rings (SSSR count). The van der Waals surface area contributed by atoms with E-state index in [0.717, 1.165) is 23.0 Å². The van der Waals surface area contributed by atoms with Crippen molar-refractivity contribution in [2.45, 2.75) is 26.9 Å². The van der Waals surface area contributed by atoms with Crippen LogP contribution in [0.25, 0.3) is 5.78 Å². The molecular formula is C18H19N7. The van der Waals surface area contributed by atoms with Gasteiger partial charge in [-0.3, -0.25) is 4.40 Å². The second-order valence-electron chi connectivity index (χ2n) is 5.98. The SMILES string of the molecule is Cc1nc(C)n(Cc2cccc(NCc3cn4cccnc4n3)c2)n1. The Labute approximate surface area is 145 Å². The standard InChI is InChI=1S/C18H19N7/c1-13-21-14(2)25(23-13)11-15-5-3-6-16(9-15)20-10-17-12-24-8-4-7-19-18(24)22-17/h3-9,12,20H,10-11H2,1-2H3. The van der Waals surface area contributed by atoms with Crippen LogP contribution >= 0.6 is 0 Å². The summed E-state index contributed by atoms with van der Waals surface area (Å²) in [6, 6.07) is 10.2. The Morgan fingerprint density at radius 2 is 2.04 bits per heavy atom. The molecule has 0 unspecified atom stereocenters. The molecular weight excluding hydrogens is 314 g/mol. The Hall–Kier alpha value is -3.22. The minimum absolute atomic E-state index is 0.647. The van der Waals surface area contributed by atoms with Crippen LogP contribution in [-0.4, -0.2) is 29.1 Å². The summed E-state index contributed by atoms with van der Waals surface area (Å²) in [5.74, 6) is 2.44. The number of rotatable bonds is 5. The average Bonchev–Trinajstić information content (AvgIpc) is 3.16. The molecule has 0 aliphatic rings. The fourth-order valence-corrected chi connectivity index (χ4v) is 2.82. The van der Waals surface area contributed by atoms with E-state index in [1.165, 1.54) is 5.56 Å². The van der Waals surface area contributed by atoms with E-state index in [-0.39, 0.29) is 0 Å². The van der Waals surface area contributed by atoms with Gasteiger partial charge in [-0.1, -0.05) is 12.1 Å². The molecule has 0 fully saturated rings. The van der Waals surface area contributed by atoms with E-state index in [0.29, 0.717) is 18.9 Å². The lowest BCUT2D eigenvalue weighted by atomic mass is 10.2. The summed E-state index contributed by atoms with van der Waals surface area (Å²) < 4.78 is 3.84. The predicted octanol–water partition coefficient (Wildman–Crippen LogP) is 2.60. The van der Waals surface area contributed by atoms with Gasteiger partial charge in [0.25, 0.3) is 0 Å². The van der Waals surface area contributed by atoms with E-state index >= 15 is 0 Å². The molecule has 0 saturated carbocycles. The van der Waals surface area contributed by atoms with Gasteiger partial charge in [-0.25, -0.2) is 19.6 Å². The van der Waals surface area contributed by atoms with Crippen LogP contribution in [0.3, 0.4) is 0 Å². The second kappa shape index (κ2) is 6.35. The summed E-state index contributed by atoms with van der Waals surface area (Å²) in [5.41, 5.74) is 3.18. The maximum Gasteiger partial charge on any atom is 0.233 e. The third kappa shape index (κ3) is 3.35. The largest absolute Gasteiger partial charge is 0.379 e. The van der Waals surface area contributed by atoms with E-state index < -0.39 is 0 Å². The molecule has 7 nitrogen and oxygen atoms in total. The number of benzene rings is 1. The number of imidazole rings is 1. The fourth-order valence-electron chi connectivity index (χ4n) is 2.82. The molecule has 7 heteroatoms. The Morgan fingerprint density at radius 1 is 1.12 bits per heavy atom. The lowest BCUT2D eigenvalue weighted by Crippen LogP contribution is -2.05. The highest BCUT2D eigenvalue weighted by Crippen LogP contribution is 2.14. The van der Waals surface area contributed by atoms with Gasteiger partial charge in [0.2, 0.25) is 5.78 Å². The van der Waals surface area contributed by atoms with Crippen molar-refractivity contribution < 1.29 is 0 Å². The number of hydrogen-bond donors (Lipinski definition) is 1. The fraction of sp³-hybridized carbons (Fsp3) is 0.222. The van der Waals surface area contributed by atoms with Crippen molar-refractivity contribution >= 4 is 11.5 Å². The topological polar surface area (TPSA) is 72.9 Å². The molecule has 0 bridgehead atoms. The third-order valence-electron chi connectivity index (χ3n) is 3.98. The van der Waals surface area contributed by atoms with Gasteiger partial charge in [0, 0.05) is 24.3 Å². The summed E-state index contributed by atoms with van der Waals surface area (Å²) in [6.07, 6.45) is 5.68. The molecule has 1 aromatic carbocycles. The first-order valence-electron chi connectivity index (χ1n) is 8.17. The van der Waals surface area contributed by atoms with Crippen LogP contribution in [-0.2, 0) is 13.1 Å². The molecule has 3 aromatic heterocycles. The van der Waals surface area contributed by atoms with Crippen molar-refractivity contribution in [2.24, 2.45) is 0 Å². The third-order valence-corrected chi connectivity index (χ3v) is 3.98. The molecule has 0 amide bonds. The summed E-state index contributed by atoms with van der Waals surface area (Å²) in [4.78, 5) is 13.1. The summed E-state index contributed by atoms with van der Waals surface area (Å²) in [7, 11) is 0. The minimum atomic E-state index is 0.647. The van der Waals surface area contributed by atoms with Gasteiger partial charge in [0.15, 0.2) is 0 Å². The monoisotopic (exact) mass is 333 g/mol. The first-order valence-corrected chi connectivity index (χ1v) is 8.17. The van der Waals surface area contributed by atoms with Gasteiger partial charge >= 0.3 is 0 Å². The predicted molar refractivity (Wildman–Crippen MR) is 95.4 cm³/mol. The van der Waals surface area contributed by atoms with E-state index in [4.69, 9.17) is 0 Å². The maximum atomic E-state index is 4.50. The number of fused-ring (bicyclic) bond motifs is 1. The maximum absolute atomic E-state index is 4.50.